The molecule has 7 nitrogen and oxygen atoms in total. The van der Waals surface area contributed by atoms with Crippen molar-refractivity contribution in [2.75, 3.05) is 18.0 Å². The van der Waals surface area contributed by atoms with Crippen molar-refractivity contribution in [3.05, 3.63) is 58.7 Å². The molecule has 0 amide bonds. The minimum Gasteiger partial charge on any atom is -0.403 e. The maximum Gasteiger partial charge on any atom is 0.347 e. The molecule has 0 spiro atoms. The predicted molar refractivity (Wildman–Crippen MR) is 113 cm³/mol. The molecule has 1 N–H and O–H groups in total. The first-order valence-corrected chi connectivity index (χ1v) is 9.88. The Morgan fingerprint density at radius 1 is 1.10 bits per heavy atom. The van der Waals surface area contributed by atoms with Gasteiger partial charge in [-0.1, -0.05) is 0 Å². The van der Waals surface area contributed by atoms with E-state index in [1.54, 1.807) is 0 Å². The lowest BCUT2D eigenvalue weighted by Crippen LogP contribution is -2.54. The van der Waals surface area contributed by atoms with Crippen LogP contribution in [-0.2, 0) is 0 Å². The second-order valence-corrected chi connectivity index (χ2v) is 7.98. The van der Waals surface area contributed by atoms with E-state index in [-0.39, 0.29) is 0 Å². The Labute approximate surface area is 168 Å². The quantitative estimate of drug-likeness (QED) is 0.568. The lowest BCUT2D eigenvalue weighted by atomic mass is 10.1. The van der Waals surface area contributed by atoms with Gasteiger partial charge in [0.1, 0.15) is 11.5 Å². The lowest BCUT2D eigenvalue weighted by molar-refractivity contribution is 0.405. The van der Waals surface area contributed by atoms with Crippen LogP contribution in [0.2, 0.25) is 0 Å². The van der Waals surface area contributed by atoms with E-state index < -0.39 is 5.63 Å². The van der Waals surface area contributed by atoms with Gasteiger partial charge >= 0.3 is 5.63 Å². The molecular formula is C22H23N5O2. The standard InChI is InChI=1S/C22H23N5O2/c1-13-6-7-26-12-18(24-20(26)8-13)17-9-16-4-5-19(25-21(16)29-22(17)28)27-10-14(2)23-15(3)11-27/h4-9,12,14-15,23H,10-11H2,1-3H3/t14-,15+. The summed E-state index contributed by atoms with van der Waals surface area (Å²) in [6.45, 7) is 8.07. The van der Waals surface area contributed by atoms with Gasteiger partial charge in [-0.3, -0.25) is 0 Å². The molecule has 0 unspecified atom stereocenters. The summed E-state index contributed by atoms with van der Waals surface area (Å²) in [5, 5.41) is 4.30. The molecule has 7 heteroatoms. The number of imidazole rings is 1. The maximum absolute atomic E-state index is 12.7. The van der Waals surface area contributed by atoms with E-state index in [0.717, 1.165) is 35.5 Å². The van der Waals surface area contributed by atoms with E-state index >= 15 is 0 Å². The number of aromatic nitrogens is 3. The van der Waals surface area contributed by atoms with Gasteiger partial charge in [-0.05, 0) is 56.7 Å². The number of rotatable bonds is 2. The molecule has 1 fully saturated rings. The van der Waals surface area contributed by atoms with Gasteiger partial charge in [-0.25, -0.2) is 9.78 Å². The number of pyridine rings is 2. The van der Waals surface area contributed by atoms with Gasteiger partial charge in [0.25, 0.3) is 0 Å². The molecular weight excluding hydrogens is 366 g/mol. The Balaban J connectivity index is 1.55. The topological polar surface area (TPSA) is 75.7 Å². The molecule has 0 saturated carbocycles. The first kappa shape index (κ1) is 17.9. The third-order valence-corrected chi connectivity index (χ3v) is 5.36. The summed E-state index contributed by atoms with van der Waals surface area (Å²) in [5.41, 5.74) is 2.89. The fourth-order valence-corrected chi connectivity index (χ4v) is 4.07. The van der Waals surface area contributed by atoms with E-state index in [9.17, 15) is 4.79 Å². The Kier molecular flexibility index (Phi) is 4.13. The Hall–Kier alpha value is -3.19. The van der Waals surface area contributed by atoms with Crippen LogP contribution in [0.25, 0.3) is 28.0 Å². The Morgan fingerprint density at radius 3 is 2.69 bits per heavy atom. The molecule has 148 valence electrons. The number of hydrogen-bond acceptors (Lipinski definition) is 6. The molecule has 0 bridgehead atoms. The van der Waals surface area contributed by atoms with Gasteiger partial charge in [0.15, 0.2) is 0 Å². The van der Waals surface area contributed by atoms with Crippen molar-refractivity contribution in [2.24, 2.45) is 0 Å². The zero-order chi connectivity index (χ0) is 20.1. The largest absolute Gasteiger partial charge is 0.403 e. The number of nitrogens with one attached hydrogen (secondary N) is 1. The molecule has 1 aliphatic rings. The molecule has 0 aliphatic carbocycles. The number of aryl methyl sites for hydroxylation is 1. The van der Waals surface area contributed by atoms with Gasteiger partial charge in [-0.2, -0.15) is 4.98 Å². The fourth-order valence-electron chi connectivity index (χ4n) is 4.07. The van der Waals surface area contributed by atoms with E-state index in [0.29, 0.717) is 29.1 Å². The molecule has 5 rings (SSSR count). The number of anilines is 1. The SMILES string of the molecule is Cc1ccn2cc(-c3cc4ccc(N5C[C@@H](C)N[C@@H](C)C5)nc4oc3=O)nc2c1. The maximum atomic E-state index is 12.7. The number of fused-ring (bicyclic) bond motifs is 2. The van der Waals surface area contributed by atoms with Crippen molar-refractivity contribution in [1.82, 2.24) is 19.7 Å². The van der Waals surface area contributed by atoms with Crippen molar-refractivity contribution in [3.8, 4) is 11.3 Å². The highest BCUT2D eigenvalue weighted by atomic mass is 16.4. The van der Waals surface area contributed by atoms with E-state index in [2.05, 4.69) is 34.0 Å². The number of hydrogen-bond donors (Lipinski definition) is 1. The first-order valence-electron chi connectivity index (χ1n) is 9.88. The van der Waals surface area contributed by atoms with Gasteiger partial charge in [0.05, 0.1) is 11.3 Å². The van der Waals surface area contributed by atoms with Crippen LogP contribution < -0.4 is 15.8 Å². The molecule has 2 atom stereocenters. The minimum absolute atomic E-state index is 0.356. The summed E-state index contributed by atoms with van der Waals surface area (Å²) in [6, 6.07) is 10.5. The molecule has 5 heterocycles. The monoisotopic (exact) mass is 389 g/mol. The minimum atomic E-state index is -0.427. The van der Waals surface area contributed by atoms with E-state index in [4.69, 9.17) is 4.42 Å². The van der Waals surface area contributed by atoms with Crippen molar-refractivity contribution < 1.29 is 4.42 Å². The third-order valence-electron chi connectivity index (χ3n) is 5.36. The summed E-state index contributed by atoms with van der Waals surface area (Å²) >= 11 is 0. The molecule has 4 aromatic heterocycles. The highest BCUT2D eigenvalue weighted by molar-refractivity contribution is 5.80. The van der Waals surface area contributed by atoms with Crippen molar-refractivity contribution in [3.63, 3.8) is 0 Å². The average molecular weight is 389 g/mol. The van der Waals surface area contributed by atoms with E-state index in [1.807, 2.05) is 54.0 Å². The molecule has 1 aliphatic heterocycles. The Bertz CT molecular complexity index is 1270. The second kappa shape index (κ2) is 6.70. The highest BCUT2D eigenvalue weighted by Crippen LogP contribution is 2.23. The van der Waals surface area contributed by atoms with Crippen LogP contribution in [0.15, 0.2) is 51.9 Å². The van der Waals surface area contributed by atoms with Crippen LogP contribution in [0.3, 0.4) is 0 Å². The van der Waals surface area contributed by atoms with Gasteiger partial charge in [-0.15, -0.1) is 0 Å². The molecule has 0 radical (unpaired) electrons. The van der Waals surface area contributed by atoms with Crippen molar-refractivity contribution in [2.45, 2.75) is 32.9 Å². The summed E-state index contributed by atoms with van der Waals surface area (Å²) in [6.07, 6.45) is 3.78. The van der Waals surface area contributed by atoms with Crippen LogP contribution >= 0.6 is 0 Å². The number of nitrogens with zero attached hydrogens (tertiary/aromatic N) is 4. The smallest absolute Gasteiger partial charge is 0.347 e. The summed E-state index contributed by atoms with van der Waals surface area (Å²) in [4.78, 5) is 24.1. The summed E-state index contributed by atoms with van der Waals surface area (Å²) < 4.78 is 7.50. The molecule has 0 aromatic carbocycles. The van der Waals surface area contributed by atoms with E-state index in [1.165, 1.54) is 0 Å². The zero-order valence-electron chi connectivity index (χ0n) is 16.7. The van der Waals surface area contributed by atoms with Crippen molar-refractivity contribution >= 4 is 22.6 Å². The normalized spacial score (nSPS) is 19.9. The molecule has 1 saturated heterocycles. The zero-order valence-corrected chi connectivity index (χ0v) is 16.7. The Morgan fingerprint density at radius 2 is 1.90 bits per heavy atom. The van der Waals surface area contributed by atoms with Crippen molar-refractivity contribution in [1.29, 1.82) is 0 Å². The molecule has 29 heavy (non-hydrogen) atoms. The van der Waals surface area contributed by atoms with Gasteiger partial charge in [0.2, 0.25) is 5.71 Å². The summed E-state index contributed by atoms with van der Waals surface area (Å²) in [5.74, 6) is 0.830. The van der Waals surface area contributed by atoms with Gasteiger partial charge < -0.3 is 19.0 Å². The van der Waals surface area contributed by atoms with Crippen LogP contribution in [-0.4, -0.2) is 39.5 Å². The molecule has 4 aromatic rings. The van der Waals surface area contributed by atoms with Crippen LogP contribution in [0.4, 0.5) is 5.82 Å². The van der Waals surface area contributed by atoms with Crippen LogP contribution in [0.1, 0.15) is 19.4 Å². The predicted octanol–water partition coefficient (Wildman–Crippen LogP) is 3.00. The first-order chi connectivity index (χ1) is 14.0. The van der Waals surface area contributed by atoms with Gasteiger partial charge in [0, 0.05) is 43.0 Å². The number of piperazine rings is 1. The summed E-state index contributed by atoms with van der Waals surface area (Å²) in [7, 11) is 0. The fraction of sp³-hybridized carbons (Fsp3) is 0.318. The third kappa shape index (κ3) is 3.27. The average Bonchev–Trinajstić information content (AvgIpc) is 3.09. The lowest BCUT2D eigenvalue weighted by Gasteiger charge is -2.36. The van der Waals surface area contributed by atoms with Crippen LogP contribution in [0.5, 0.6) is 0 Å². The van der Waals surface area contributed by atoms with Crippen LogP contribution in [0, 0.1) is 6.92 Å². The second-order valence-electron chi connectivity index (χ2n) is 7.98. The highest BCUT2D eigenvalue weighted by Gasteiger charge is 2.22.